The third-order valence-electron chi connectivity index (χ3n) is 4.89. The molecule has 4 rings (SSSR count). The van der Waals surface area contributed by atoms with Crippen molar-refractivity contribution in [2.75, 3.05) is 11.9 Å². The first-order chi connectivity index (χ1) is 11.1. The smallest absolute Gasteiger partial charge is 0.410 e. The van der Waals surface area contributed by atoms with Crippen molar-refractivity contribution in [2.24, 2.45) is 0 Å². The Morgan fingerprint density at radius 2 is 2.00 bits per heavy atom. The predicted molar refractivity (Wildman–Crippen MR) is 92.1 cm³/mol. The standard InChI is InChI=1S/C18H17BrN2O2/c1-21(17-4-2-3-16(19)20-17)18(22)23-13-7-8-14-11-5-6-12(9-11)15(14)10-13/h2-4,7-8,10-12H,5-6,9H2,1H3. The number of anilines is 1. The Bertz CT molecular complexity index is 777. The number of hydrogen-bond acceptors (Lipinski definition) is 3. The van der Waals surface area contributed by atoms with Crippen LogP contribution in [0.1, 0.15) is 42.2 Å². The van der Waals surface area contributed by atoms with Gasteiger partial charge in [-0.05, 0) is 82.4 Å². The van der Waals surface area contributed by atoms with E-state index < -0.39 is 6.09 Å². The molecule has 0 saturated heterocycles. The van der Waals surface area contributed by atoms with Gasteiger partial charge in [-0.2, -0.15) is 0 Å². The van der Waals surface area contributed by atoms with E-state index >= 15 is 0 Å². The molecule has 2 atom stereocenters. The van der Waals surface area contributed by atoms with E-state index in [9.17, 15) is 4.79 Å². The van der Waals surface area contributed by atoms with Crippen molar-refractivity contribution < 1.29 is 9.53 Å². The van der Waals surface area contributed by atoms with Crippen LogP contribution >= 0.6 is 15.9 Å². The van der Waals surface area contributed by atoms with Crippen molar-refractivity contribution in [2.45, 2.75) is 31.1 Å². The highest BCUT2D eigenvalue weighted by molar-refractivity contribution is 9.10. The molecule has 1 aromatic heterocycles. The molecule has 4 nitrogen and oxygen atoms in total. The first kappa shape index (κ1) is 14.7. The lowest BCUT2D eigenvalue weighted by Gasteiger charge is -2.18. The molecular formula is C18H17BrN2O2. The summed E-state index contributed by atoms with van der Waals surface area (Å²) >= 11 is 3.31. The summed E-state index contributed by atoms with van der Waals surface area (Å²) in [6, 6.07) is 11.5. The molecule has 1 amide bonds. The molecule has 2 aliphatic rings. The highest BCUT2D eigenvalue weighted by Gasteiger charge is 2.36. The molecule has 0 aliphatic heterocycles. The number of aromatic nitrogens is 1. The first-order valence-electron chi connectivity index (χ1n) is 7.84. The molecule has 1 saturated carbocycles. The van der Waals surface area contributed by atoms with Gasteiger partial charge >= 0.3 is 6.09 Å². The molecule has 118 valence electrons. The number of fused-ring (bicyclic) bond motifs is 5. The number of hydrogen-bond donors (Lipinski definition) is 0. The fourth-order valence-corrected chi connectivity index (χ4v) is 4.07. The number of benzene rings is 1. The van der Waals surface area contributed by atoms with Gasteiger partial charge in [-0.3, -0.25) is 4.90 Å². The molecular weight excluding hydrogens is 356 g/mol. The number of nitrogens with zero attached hydrogens (tertiary/aromatic N) is 2. The van der Waals surface area contributed by atoms with Gasteiger partial charge in [0.2, 0.25) is 0 Å². The van der Waals surface area contributed by atoms with Crippen LogP contribution in [0, 0.1) is 0 Å². The van der Waals surface area contributed by atoms with Crippen molar-refractivity contribution in [3.8, 4) is 5.75 Å². The van der Waals surface area contributed by atoms with E-state index in [-0.39, 0.29) is 0 Å². The molecule has 23 heavy (non-hydrogen) atoms. The van der Waals surface area contributed by atoms with E-state index in [1.54, 1.807) is 13.1 Å². The topological polar surface area (TPSA) is 42.4 Å². The van der Waals surface area contributed by atoms with Crippen LogP contribution in [-0.2, 0) is 0 Å². The van der Waals surface area contributed by atoms with E-state index in [0.29, 0.717) is 28.0 Å². The molecule has 2 bridgehead atoms. The minimum absolute atomic E-state index is 0.432. The Morgan fingerprint density at radius 1 is 1.22 bits per heavy atom. The van der Waals surface area contributed by atoms with E-state index in [2.05, 4.69) is 27.0 Å². The first-order valence-corrected chi connectivity index (χ1v) is 8.63. The Balaban J connectivity index is 1.52. The van der Waals surface area contributed by atoms with Gasteiger partial charge in [0.15, 0.2) is 0 Å². The van der Waals surface area contributed by atoms with Crippen LogP contribution in [0.25, 0.3) is 0 Å². The van der Waals surface area contributed by atoms with Crippen LogP contribution in [-0.4, -0.2) is 18.1 Å². The van der Waals surface area contributed by atoms with Crippen LogP contribution < -0.4 is 9.64 Å². The normalized spacial score (nSPS) is 21.1. The summed E-state index contributed by atoms with van der Waals surface area (Å²) in [5.41, 5.74) is 2.82. The Morgan fingerprint density at radius 3 is 2.78 bits per heavy atom. The third kappa shape index (κ3) is 2.63. The largest absolute Gasteiger partial charge is 0.420 e. The van der Waals surface area contributed by atoms with Crippen LogP contribution in [0.3, 0.4) is 0 Å². The zero-order chi connectivity index (χ0) is 16.0. The average molecular weight is 373 g/mol. The van der Waals surface area contributed by atoms with Gasteiger partial charge in [-0.25, -0.2) is 9.78 Å². The molecule has 1 heterocycles. The average Bonchev–Trinajstić information content (AvgIpc) is 3.16. The maximum absolute atomic E-state index is 12.3. The van der Waals surface area contributed by atoms with Crippen molar-refractivity contribution >= 4 is 27.8 Å². The van der Waals surface area contributed by atoms with Gasteiger partial charge in [0, 0.05) is 7.05 Å². The quantitative estimate of drug-likeness (QED) is 0.708. The van der Waals surface area contributed by atoms with Gasteiger partial charge in [0.1, 0.15) is 16.2 Å². The van der Waals surface area contributed by atoms with Gasteiger partial charge in [-0.1, -0.05) is 12.1 Å². The molecule has 2 aliphatic carbocycles. The Labute approximate surface area is 143 Å². The fraction of sp³-hybridized carbons (Fsp3) is 0.333. The number of rotatable bonds is 2. The summed E-state index contributed by atoms with van der Waals surface area (Å²) in [7, 11) is 1.66. The maximum Gasteiger partial charge on any atom is 0.420 e. The maximum atomic E-state index is 12.3. The number of pyridine rings is 1. The monoisotopic (exact) mass is 372 g/mol. The van der Waals surface area contributed by atoms with Crippen molar-refractivity contribution in [1.29, 1.82) is 0 Å². The molecule has 2 unspecified atom stereocenters. The fourth-order valence-electron chi connectivity index (χ4n) is 3.74. The van der Waals surface area contributed by atoms with Gasteiger partial charge in [0.25, 0.3) is 0 Å². The molecule has 0 radical (unpaired) electrons. The van der Waals surface area contributed by atoms with E-state index in [4.69, 9.17) is 4.74 Å². The molecule has 2 aromatic rings. The van der Waals surface area contributed by atoms with E-state index in [0.717, 1.165) is 0 Å². The number of ether oxygens (including phenoxy) is 1. The summed E-state index contributed by atoms with van der Waals surface area (Å²) in [4.78, 5) is 18.0. The zero-order valence-corrected chi connectivity index (χ0v) is 14.4. The molecule has 1 fully saturated rings. The minimum atomic E-state index is -0.432. The van der Waals surface area contributed by atoms with Crippen molar-refractivity contribution in [3.63, 3.8) is 0 Å². The second-order valence-corrected chi connectivity index (χ2v) is 7.06. The second-order valence-electron chi connectivity index (χ2n) is 6.24. The highest BCUT2D eigenvalue weighted by Crippen LogP contribution is 2.53. The lowest BCUT2D eigenvalue weighted by atomic mass is 9.92. The lowest BCUT2D eigenvalue weighted by molar-refractivity contribution is 0.209. The van der Waals surface area contributed by atoms with E-state index in [1.807, 2.05) is 24.3 Å². The predicted octanol–water partition coefficient (Wildman–Crippen LogP) is 4.84. The van der Waals surface area contributed by atoms with Crippen molar-refractivity contribution in [1.82, 2.24) is 4.98 Å². The zero-order valence-electron chi connectivity index (χ0n) is 12.8. The lowest BCUT2D eigenvalue weighted by Crippen LogP contribution is -2.30. The number of amides is 1. The number of carbonyl (C=O) groups is 1. The summed E-state index contributed by atoms with van der Waals surface area (Å²) < 4.78 is 6.22. The van der Waals surface area contributed by atoms with Crippen LogP contribution in [0.4, 0.5) is 10.6 Å². The Hall–Kier alpha value is -1.88. The molecule has 5 heteroatoms. The SMILES string of the molecule is CN(C(=O)Oc1ccc2c(c1)C1CCC2C1)c1cccc(Br)n1. The number of halogens is 1. The minimum Gasteiger partial charge on any atom is -0.410 e. The van der Waals surface area contributed by atoms with Gasteiger partial charge in [-0.15, -0.1) is 0 Å². The van der Waals surface area contributed by atoms with Crippen LogP contribution in [0.5, 0.6) is 5.75 Å². The summed E-state index contributed by atoms with van der Waals surface area (Å²) in [6.45, 7) is 0. The van der Waals surface area contributed by atoms with Gasteiger partial charge < -0.3 is 4.74 Å². The molecule has 1 aromatic carbocycles. The van der Waals surface area contributed by atoms with E-state index in [1.165, 1.54) is 35.3 Å². The van der Waals surface area contributed by atoms with Crippen molar-refractivity contribution in [3.05, 3.63) is 52.1 Å². The van der Waals surface area contributed by atoms with Crippen LogP contribution in [0.15, 0.2) is 41.0 Å². The summed E-state index contributed by atoms with van der Waals surface area (Å²) in [5.74, 6) is 2.53. The number of carbonyl (C=O) groups excluding carboxylic acids is 1. The van der Waals surface area contributed by atoms with Crippen LogP contribution in [0.2, 0.25) is 0 Å². The summed E-state index contributed by atoms with van der Waals surface area (Å²) in [5, 5.41) is 0. The second kappa shape index (κ2) is 5.64. The highest BCUT2D eigenvalue weighted by atomic mass is 79.9. The molecule has 0 N–H and O–H groups in total. The molecule has 0 spiro atoms. The third-order valence-corrected chi connectivity index (χ3v) is 5.34. The summed E-state index contributed by atoms with van der Waals surface area (Å²) in [6.07, 6.45) is 3.39. The Kier molecular flexibility index (Phi) is 3.60. The van der Waals surface area contributed by atoms with Gasteiger partial charge in [0.05, 0.1) is 0 Å².